The van der Waals surface area contributed by atoms with Crippen molar-refractivity contribution in [1.29, 1.82) is 0 Å². The quantitative estimate of drug-likeness (QED) is 0.0473. The Hall–Kier alpha value is -15.6. The zero-order valence-corrected chi connectivity index (χ0v) is 78.7. The van der Waals surface area contributed by atoms with Crippen LogP contribution in [0.4, 0.5) is 39.4 Å². The highest BCUT2D eigenvalue weighted by atomic mass is 32.1. The topological polar surface area (TPSA) is 389 Å². The zero-order valence-electron chi connectivity index (χ0n) is 77.1. The number of anilines is 7. The second kappa shape index (κ2) is 40.7. The van der Waals surface area contributed by atoms with E-state index in [-0.39, 0.29) is 71.4 Å². The van der Waals surface area contributed by atoms with Crippen molar-refractivity contribution in [2.45, 2.75) is 127 Å². The van der Waals surface area contributed by atoms with E-state index in [1.54, 1.807) is 58.5 Å². The number of rotatable bonds is 20. The van der Waals surface area contributed by atoms with E-state index >= 15 is 0 Å². The lowest BCUT2D eigenvalue weighted by Crippen LogP contribution is -2.38. The molecule has 5 amide bonds. The molecule has 5 N–H and O–H groups in total. The summed E-state index contributed by atoms with van der Waals surface area (Å²) in [7, 11) is 0. The number of aryl methyl sites for hydroxylation is 2. The summed E-state index contributed by atoms with van der Waals surface area (Å²) < 4.78 is 17.2. The smallest absolute Gasteiger partial charge is 0.291 e. The fraction of sp³-hybridized carbons (Fsp3) is 0.343. The molecule has 5 atom stereocenters. The molecule has 17 aromatic rings. The van der Waals surface area contributed by atoms with Crippen LogP contribution in [0.3, 0.4) is 0 Å². The minimum atomic E-state index is -0.270. The van der Waals surface area contributed by atoms with Crippen molar-refractivity contribution in [3.8, 4) is 17.1 Å². The van der Waals surface area contributed by atoms with Crippen LogP contribution in [0, 0.1) is 13.8 Å². The van der Waals surface area contributed by atoms with Gasteiger partial charge in [-0.2, -0.15) is 0 Å². The van der Waals surface area contributed by atoms with Gasteiger partial charge in [-0.25, -0.2) is 69.5 Å². The van der Waals surface area contributed by atoms with E-state index in [2.05, 4.69) is 152 Å². The zero-order chi connectivity index (χ0) is 94.2. The molecule has 710 valence electrons. The van der Waals surface area contributed by atoms with Crippen molar-refractivity contribution in [1.82, 2.24) is 123 Å². The number of nitrogens with zero attached hydrogens (tertiary/aromatic N) is 27. The summed E-state index contributed by atoms with van der Waals surface area (Å²) in [5.41, 5.74) is 11.1. The second-order valence-corrected chi connectivity index (χ2v) is 37.7. The largest absolute Gasteiger partial charge is 0.444 e. The number of carbonyl (C=O) groups excluding carboxylic acids is 5. The van der Waals surface area contributed by atoms with Gasteiger partial charge in [0.2, 0.25) is 17.5 Å². The number of oxazole rings is 1. The number of thiazole rings is 2. The maximum Gasteiger partial charge on any atom is 0.291 e. The summed E-state index contributed by atoms with van der Waals surface area (Å²) in [4.78, 5) is 136. The Balaban J connectivity index is 0.000000103. The standard InChI is InChI=1S/C22H21N5O2.C21H24N6O.C20H24N6OS.C19H18N8O.C17H19N7OS/c1-15-12-26-10-5-8-19(26)20(23-15)27-11-9-17(13-27)24-21(28)18-14-29-22(25-18)16-6-3-2-4-7-16;28-21(19-23-12-16(13-24-19)15-4-1-2-5-15)25-17-7-10-27(14-17)20-18-6-3-9-26(18)11-8-22-20;1-14-11-25-9-4-5-17(25)18(21-14)26-10-6-15(12-26)22-19(27)16-13-28-20(23-16)24-7-2-3-8-24;28-19(16-22-13-27(24-16)15-4-2-1-3-5-15)23-14-6-9-26(12-14)18-17-20-7-10-25(17)11-8-21-18;25-16(13-11-26-17(21-13)23-5-1-6-23)20-12-2-7-24(10-12)15-14-18-3-8-22(14)9-4-19-15/h2-8,10,12,14,17H,9,11,13H2,1H3,(H,24,28);3,6,8-9,11-13,15,17H,1-2,4-5,7,10,14H2,(H,25,28);4-5,9,11,13,15H,2-3,6-8,10,12H2,1H3,(H,22,27);1-5,7-8,10-11,13-14H,6,9,12H2,(H,23,28);3-4,8-9,11-12H,1-2,5-7,10H2,(H,20,25)/t2*17-;15-;;12-/m000.0/s1. The summed E-state index contributed by atoms with van der Waals surface area (Å²) in [6.45, 7) is 16.0. The highest BCUT2D eigenvalue weighted by Crippen LogP contribution is 2.36. The van der Waals surface area contributed by atoms with Gasteiger partial charge < -0.3 is 87.3 Å². The minimum Gasteiger partial charge on any atom is -0.444 e. The van der Waals surface area contributed by atoms with Crippen LogP contribution in [0.15, 0.2) is 230 Å². The molecule has 0 spiro atoms. The number of benzene rings is 2. The first-order valence-corrected chi connectivity index (χ1v) is 49.3. The molecule has 8 aliphatic rings. The van der Waals surface area contributed by atoms with Crippen LogP contribution in [0.2, 0.25) is 0 Å². The minimum absolute atomic E-state index is 0.00759. The Morgan fingerprint density at radius 3 is 1.27 bits per heavy atom. The average molecular weight is 1900 g/mol. The lowest BCUT2D eigenvalue weighted by atomic mass is 10.0. The van der Waals surface area contributed by atoms with E-state index in [1.165, 1.54) is 51.2 Å². The summed E-state index contributed by atoms with van der Waals surface area (Å²) in [6, 6.07) is 31.7. The van der Waals surface area contributed by atoms with Crippen molar-refractivity contribution in [3.63, 3.8) is 0 Å². The van der Waals surface area contributed by atoms with Gasteiger partial charge in [0.25, 0.3) is 29.5 Å². The van der Waals surface area contributed by atoms with Crippen molar-refractivity contribution < 1.29 is 28.4 Å². The Bertz CT molecular complexity index is 7170. The van der Waals surface area contributed by atoms with E-state index < -0.39 is 0 Å². The van der Waals surface area contributed by atoms with Crippen LogP contribution in [0.1, 0.15) is 153 Å². The molecule has 22 heterocycles. The molecule has 1 aliphatic carbocycles. The van der Waals surface area contributed by atoms with Gasteiger partial charge in [0.1, 0.15) is 24.0 Å². The van der Waals surface area contributed by atoms with Gasteiger partial charge in [-0.05, 0) is 150 Å². The number of para-hydroxylation sites is 1. The van der Waals surface area contributed by atoms with Gasteiger partial charge in [-0.1, -0.05) is 49.2 Å². The number of imidazole rings is 2. The highest BCUT2D eigenvalue weighted by Gasteiger charge is 2.35. The van der Waals surface area contributed by atoms with Crippen molar-refractivity contribution in [2.24, 2.45) is 0 Å². The van der Waals surface area contributed by atoms with Gasteiger partial charge in [-0.3, -0.25) is 24.0 Å². The lowest BCUT2D eigenvalue weighted by Gasteiger charge is -2.30. The fourth-order valence-corrected chi connectivity index (χ4v) is 21.0. The van der Waals surface area contributed by atoms with Gasteiger partial charge in [0, 0.05) is 244 Å². The van der Waals surface area contributed by atoms with Crippen LogP contribution in [0.25, 0.3) is 45.0 Å². The third-order valence-electron chi connectivity index (χ3n) is 26.5. The third-order valence-corrected chi connectivity index (χ3v) is 28.3. The van der Waals surface area contributed by atoms with Gasteiger partial charge >= 0.3 is 0 Å². The number of carbonyl (C=O) groups is 5. The molecule has 1 unspecified atom stereocenters. The molecular weight excluding hydrogens is 1800 g/mol. The Morgan fingerprint density at radius 1 is 0.360 bits per heavy atom. The van der Waals surface area contributed by atoms with Crippen LogP contribution >= 0.6 is 22.7 Å². The Kier molecular flexibility index (Phi) is 26.4. The first-order chi connectivity index (χ1) is 68.2. The molecule has 7 aliphatic heterocycles. The predicted octanol–water partition coefficient (Wildman–Crippen LogP) is 11.5. The maximum absolute atomic E-state index is 12.7. The number of nitrogens with one attached hydrogen (secondary N) is 5. The molecule has 0 bridgehead atoms. The summed E-state index contributed by atoms with van der Waals surface area (Å²) in [6.07, 6.45) is 48.1. The number of amides is 5. The van der Waals surface area contributed by atoms with Crippen LogP contribution in [0.5, 0.6) is 0 Å². The monoisotopic (exact) mass is 1900 g/mol. The molecule has 25 rings (SSSR count). The number of hydrogen-bond acceptors (Lipinski definition) is 29. The molecule has 0 radical (unpaired) electrons. The highest BCUT2D eigenvalue weighted by molar-refractivity contribution is 7.14. The van der Waals surface area contributed by atoms with Crippen LogP contribution < -0.4 is 60.9 Å². The molecule has 7 saturated heterocycles. The lowest BCUT2D eigenvalue weighted by molar-refractivity contribution is 0.0921. The molecule has 40 heteroatoms. The Morgan fingerprint density at radius 2 is 0.777 bits per heavy atom. The number of hydrogen-bond donors (Lipinski definition) is 5. The fourth-order valence-electron chi connectivity index (χ4n) is 19.3. The van der Waals surface area contributed by atoms with Gasteiger partial charge in [0.15, 0.2) is 56.3 Å². The molecule has 38 nitrogen and oxygen atoms in total. The SMILES string of the molecule is Cc1cn2cccc2c(N2CC[C@H](NC(=O)c3coc(-c4ccccc4)n3)C2)n1.Cc1cn2cccc2c(N2CC[C@H](NC(=O)c3csc(N4CCCC4)n3)C2)n1.O=C(NC1CCN(c2nccn3ccnc23)C1)c1ncn(-c2ccccc2)n1.O=C(N[C@H]1CCN(c2nccn3cccc23)C1)c1ncc(C2CCCC2)cn1.O=C(N[C@H]1CCN(c2nccn3ccnc23)C1)c1csc(N2CCC2)n1. The second-order valence-electron chi connectivity index (χ2n) is 36.0. The number of aromatic nitrogens is 20. The first-order valence-electron chi connectivity index (χ1n) is 47.5. The molecule has 8 fully saturated rings. The predicted molar refractivity (Wildman–Crippen MR) is 530 cm³/mol. The van der Waals surface area contributed by atoms with E-state index in [1.807, 2.05) is 193 Å². The Labute approximate surface area is 807 Å². The van der Waals surface area contributed by atoms with E-state index in [0.29, 0.717) is 42.0 Å². The molecule has 139 heavy (non-hydrogen) atoms. The van der Waals surface area contributed by atoms with Crippen LogP contribution in [-0.4, -0.2) is 248 Å². The van der Waals surface area contributed by atoms with Crippen LogP contribution in [-0.2, 0) is 0 Å². The van der Waals surface area contributed by atoms with E-state index in [9.17, 15) is 24.0 Å². The van der Waals surface area contributed by atoms with E-state index in [0.717, 1.165) is 206 Å². The molecular formula is C99H106N32O6S2. The molecule has 15 aromatic heterocycles. The normalized spacial score (nSPS) is 18.5. The number of fused-ring (bicyclic) bond motifs is 5. The molecule has 2 aromatic carbocycles. The molecule has 1 saturated carbocycles. The summed E-state index contributed by atoms with van der Waals surface area (Å²) in [5.74, 6) is 5.19. The average Bonchev–Trinajstić information content (AvgIpc) is 1.67. The first kappa shape index (κ1) is 89.9. The summed E-state index contributed by atoms with van der Waals surface area (Å²) >= 11 is 3.11. The van der Waals surface area contributed by atoms with Gasteiger partial charge in [-0.15, -0.1) is 27.8 Å². The van der Waals surface area contributed by atoms with Crippen molar-refractivity contribution in [2.75, 3.05) is 126 Å². The maximum atomic E-state index is 12.7. The third kappa shape index (κ3) is 20.3. The van der Waals surface area contributed by atoms with Crippen molar-refractivity contribution >= 4 is 119 Å². The van der Waals surface area contributed by atoms with Crippen molar-refractivity contribution in [3.05, 3.63) is 271 Å². The van der Waals surface area contributed by atoms with E-state index in [4.69, 9.17) is 14.4 Å². The van der Waals surface area contributed by atoms with Gasteiger partial charge in [0.05, 0.1) is 33.6 Å². The summed E-state index contributed by atoms with van der Waals surface area (Å²) in [5, 5.41) is 25.4.